The van der Waals surface area contributed by atoms with Crippen LogP contribution in [0.4, 0.5) is 52.7 Å². The van der Waals surface area contributed by atoms with E-state index in [1.165, 1.54) is 18.2 Å². The number of hydrogen-bond donors (Lipinski definition) is 1. The molecule has 0 radical (unpaired) electrons. The second-order valence-corrected chi connectivity index (χ2v) is 12.0. The molecule has 1 fully saturated rings. The molecule has 1 aliphatic carbocycles. The van der Waals surface area contributed by atoms with Crippen LogP contribution in [0.3, 0.4) is 0 Å². The minimum atomic E-state index is -5.31. The lowest BCUT2D eigenvalue weighted by molar-refractivity contribution is -0.144. The second-order valence-electron chi connectivity index (χ2n) is 9.82. The average Bonchev–Trinajstić information content (AvgIpc) is 3.52. The molecule has 4 rings (SSSR count). The third-order valence-electron chi connectivity index (χ3n) is 6.47. The van der Waals surface area contributed by atoms with Crippen LogP contribution in [-0.4, -0.2) is 12.6 Å². The van der Waals surface area contributed by atoms with E-state index < -0.39 is 65.5 Å². The maximum Gasteiger partial charge on any atom is 0.416 e. The van der Waals surface area contributed by atoms with Crippen LogP contribution < -0.4 is 15.9 Å². The number of halogens is 12. The summed E-state index contributed by atoms with van der Waals surface area (Å²) in [5.41, 5.74) is -6.98. The van der Waals surface area contributed by atoms with Crippen molar-refractivity contribution in [2.24, 2.45) is 5.92 Å². The molecule has 1 N–H and O–H groups in total. The highest BCUT2D eigenvalue weighted by atomic mass is 31.1. The largest absolute Gasteiger partial charge is 0.477 e. The summed E-state index contributed by atoms with van der Waals surface area (Å²) in [5.74, 6) is 0.0605. The van der Waals surface area contributed by atoms with Crippen molar-refractivity contribution in [2.45, 2.75) is 44.6 Å². The van der Waals surface area contributed by atoms with Gasteiger partial charge in [-0.25, -0.2) is 0 Å². The topological polar surface area (TPSA) is 21.3 Å². The highest BCUT2D eigenvalue weighted by Crippen LogP contribution is 2.52. The maximum atomic E-state index is 13.7. The van der Waals surface area contributed by atoms with Gasteiger partial charge in [-0.05, 0) is 72.2 Å². The monoisotopic (exact) mass is 633 g/mol. The van der Waals surface area contributed by atoms with Crippen molar-refractivity contribution in [3.05, 3.63) is 93.7 Å². The summed E-state index contributed by atoms with van der Waals surface area (Å²) < 4.78 is 170. The Kier molecular flexibility index (Phi) is 8.20. The summed E-state index contributed by atoms with van der Waals surface area (Å²) in [4.78, 5) is 0. The number of ether oxygens (including phenoxy) is 1. The smallest absolute Gasteiger partial charge is 0.416 e. The molecule has 0 saturated carbocycles. The molecule has 0 bridgehead atoms. The second kappa shape index (κ2) is 10.8. The number of benzene rings is 2. The lowest BCUT2D eigenvalue weighted by atomic mass is 10.1. The van der Waals surface area contributed by atoms with Gasteiger partial charge in [-0.2, -0.15) is 52.7 Å². The van der Waals surface area contributed by atoms with Gasteiger partial charge in [-0.1, -0.05) is 26.0 Å². The summed E-state index contributed by atoms with van der Waals surface area (Å²) in [5, 5.41) is 1.40. The first-order chi connectivity index (χ1) is 19.2. The van der Waals surface area contributed by atoms with Gasteiger partial charge in [0.25, 0.3) is 0 Å². The summed E-state index contributed by atoms with van der Waals surface area (Å²) in [7, 11) is -2.87. The minimum absolute atomic E-state index is 0.0121. The molecule has 0 spiro atoms. The third kappa shape index (κ3) is 6.74. The minimum Gasteiger partial charge on any atom is -0.477 e. The van der Waals surface area contributed by atoms with Crippen LogP contribution >= 0.6 is 7.92 Å². The van der Waals surface area contributed by atoms with Crippen LogP contribution in [0.5, 0.6) is 0 Å². The van der Waals surface area contributed by atoms with Gasteiger partial charge in [0.15, 0.2) is 5.88 Å². The van der Waals surface area contributed by atoms with Crippen LogP contribution in [0.15, 0.2) is 71.4 Å². The SMILES string of the molecule is CC(C)C1COC(=C2C=CC=C2P(c2cc(C(F)(F)F)cc(C(F)(F)F)c2)c2cc(C(F)(F)F)cc(C(F)(F)F)c2)N1. The highest BCUT2D eigenvalue weighted by Gasteiger charge is 2.41. The zero-order valence-electron chi connectivity index (χ0n) is 21.4. The molecule has 228 valence electrons. The predicted octanol–water partition coefficient (Wildman–Crippen LogP) is 8.50. The fraction of sp³-hybridized carbons (Fsp3) is 0.333. The predicted molar refractivity (Wildman–Crippen MR) is 131 cm³/mol. The molecule has 0 amide bonds. The molecule has 1 heterocycles. The molecule has 2 aliphatic rings. The van der Waals surface area contributed by atoms with Crippen LogP contribution in [-0.2, 0) is 29.4 Å². The van der Waals surface area contributed by atoms with Crippen LogP contribution in [0.2, 0.25) is 0 Å². The molecule has 1 unspecified atom stereocenters. The van der Waals surface area contributed by atoms with Crippen molar-refractivity contribution in [2.75, 3.05) is 6.61 Å². The Morgan fingerprint density at radius 3 is 1.43 bits per heavy atom. The maximum absolute atomic E-state index is 13.7. The first kappa shape index (κ1) is 31.8. The molecule has 2 nitrogen and oxygen atoms in total. The zero-order chi connectivity index (χ0) is 31.4. The van der Waals surface area contributed by atoms with Crippen molar-refractivity contribution < 1.29 is 57.4 Å². The fourth-order valence-electron chi connectivity index (χ4n) is 4.30. The van der Waals surface area contributed by atoms with Crippen molar-refractivity contribution in [1.29, 1.82) is 0 Å². The van der Waals surface area contributed by atoms with Crippen molar-refractivity contribution in [3.8, 4) is 0 Å². The Morgan fingerprint density at radius 2 is 1.10 bits per heavy atom. The van der Waals surface area contributed by atoms with E-state index in [2.05, 4.69) is 5.32 Å². The molecule has 1 atom stereocenters. The van der Waals surface area contributed by atoms with Crippen molar-refractivity contribution in [1.82, 2.24) is 5.32 Å². The van der Waals surface area contributed by atoms with Crippen LogP contribution in [0.1, 0.15) is 36.1 Å². The van der Waals surface area contributed by atoms with E-state index in [1.54, 1.807) is 0 Å². The molecule has 1 aliphatic heterocycles. The van der Waals surface area contributed by atoms with Gasteiger partial charge < -0.3 is 10.1 Å². The summed E-state index contributed by atoms with van der Waals surface area (Å²) in [6.45, 7) is 3.80. The summed E-state index contributed by atoms with van der Waals surface area (Å²) in [6, 6.07) is 0.668. The van der Waals surface area contributed by atoms with Crippen molar-refractivity contribution >= 4 is 18.5 Å². The third-order valence-corrected chi connectivity index (χ3v) is 8.89. The molecule has 42 heavy (non-hydrogen) atoms. The molecule has 0 aromatic heterocycles. The lowest BCUT2D eigenvalue weighted by Crippen LogP contribution is -2.29. The molecular weight excluding hydrogens is 613 g/mol. The molecule has 1 saturated heterocycles. The van der Waals surface area contributed by atoms with E-state index in [0.29, 0.717) is 24.3 Å². The van der Waals surface area contributed by atoms with E-state index in [9.17, 15) is 52.7 Å². The average molecular weight is 633 g/mol. The molecule has 15 heteroatoms. The standard InChI is InChI=1S/C27H20F12NOP/c1-13(2)21-12-41-23(40-21)20-4-3-5-22(20)42(18-8-14(24(28,29)30)6-15(9-18)25(31,32)33)19-10-16(26(34,35)36)7-17(11-19)27(37,38)39/h3-11,13,21,40H,12H2,1-2H3. The highest BCUT2D eigenvalue weighted by molar-refractivity contribution is 7.77. The Labute approximate surface area is 232 Å². The fourth-order valence-corrected chi connectivity index (χ4v) is 6.88. The quantitative estimate of drug-likeness (QED) is 0.270. The lowest BCUT2D eigenvalue weighted by Gasteiger charge is -2.26. The zero-order valence-corrected chi connectivity index (χ0v) is 22.3. The Morgan fingerprint density at radius 1 is 0.690 bits per heavy atom. The van der Waals surface area contributed by atoms with E-state index in [1.807, 2.05) is 13.8 Å². The van der Waals surface area contributed by atoms with Crippen LogP contribution in [0.25, 0.3) is 0 Å². The first-order valence-corrected chi connectivity index (χ1v) is 13.4. The first-order valence-electron chi connectivity index (χ1n) is 12.1. The van der Waals surface area contributed by atoms with E-state index in [4.69, 9.17) is 4.74 Å². The number of nitrogens with one attached hydrogen (secondary N) is 1. The molecular formula is C27H20F12NOP. The van der Waals surface area contributed by atoms with Gasteiger partial charge in [0, 0.05) is 5.57 Å². The number of rotatable bonds is 4. The number of alkyl halides is 12. The van der Waals surface area contributed by atoms with E-state index >= 15 is 0 Å². The van der Waals surface area contributed by atoms with Crippen molar-refractivity contribution in [3.63, 3.8) is 0 Å². The normalized spacial score (nSPS) is 19.9. The van der Waals surface area contributed by atoms with Gasteiger partial charge in [-0.3, -0.25) is 0 Å². The molecule has 2 aromatic rings. The summed E-state index contributed by atoms with van der Waals surface area (Å²) in [6.07, 6.45) is -17.3. The van der Waals surface area contributed by atoms with E-state index in [-0.39, 0.29) is 47.5 Å². The van der Waals surface area contributed by atoms with Crippen LogP contribution in [0, 0.1) is 5.92 Å². The Balaban J connectivity index is 2.04. The summed E-state index contributed by atoms with van der Waals surface area (Å²) >= 11 is 0. The van der Waals surface area contributed by atoms with E-state index in [0.717, 1.165) is 0 Å². The Hall–Kier alpha value is -3.15. The molecule has 2 aromatic carbocycles. The van der Waals surface area contributed by atoms with Gasteiger partial charge in [-0.15, -0.1) is 0 Å². The number of allylic oxidation sites excluding steroid dienone is 5. The van der Waals surface area contributed by atoms with Gasteiger partial charge in [0.2, 0.25) is 0 Å². The number of hydrogen-bond acceptors (Lipinski definition) is 2. The van der Waals surface area contributed by atoms with Gasteiger partial charge in [0.1, 0.15) is 6.61 Å². The van der Waals surface area contributed by atoms with Gasteiger partial charge in [0.05, 0.1) is 28.3 Å². The van der Waals surface area contributed by atoms with Gasteiger partial charge >= 0.3 is 24.7 Å². The Bertz CT molecular complexity index is 1300.